The standard InChI is InChI=1S/C24H30FN3O4/c1-32-22(31)27-19-12-28(13-19)20(29)11-24(15-2-4-18(25)5-3-15)16-6-14-7-17(24)10-23(8-14,9-16)21(26)30/h2-5,14,16-17,19H,6-13H2,1H3,(H2,26,30)(H,27,31)/t14?,16?,17?,23-,24-. The van der Waals surface area contributed by atoms with Crippen molar-refractivity contribution in [3.63, 3.8) is 0 Å². The predicted octanol–water partition coefficient (Wildman–Crippen LogP) is 2.33. The Morgan fingerprint density at radius 2 is 1.75 bits per heavy atom. The van der Waals surface area contributed by atoms with Gasteiger partial charge in [0.15, 0.2) is 0 Å². The SMILES string of the molecule is COC(=O)NC1CN(C(=O)C[C@]2(c3ccc(F)cc3)C3CC4CC2C[C@](C(N)=O)(C4)C3)C1. The summed E-state index contributed by atoms with van der Waals surface area (Å²) in [7, 11) is 1.31. The van der Waals surface area contributed by atoms with Gasteiger partial charge in [0, 0.05) is 30.3 Å². The number of benzene rings is 1. The maximum Gasteiger partial charge on any atom is 0.407 e. The topological polar surface area (TPSA) is 102 Å². The Morgan fingerprint density at radius 1 is 1.12 bits per heavy atom. The lowest BCUT2D eigenvalue weighted by atomic mass is 9.39. The molecule has 1 saturated heterocycles. The molecule has 1 heterocycles. The maximum atomic E-state index is 13.8. The molecule has 2 unspecified atom stereocenters. The van der Waals surface area contributed by atoms with Crippen molar-refractivity contribution in [2.75, 3.05) is 20.2 Å². The smallest absolute Gasteiger partial charge is 0.407 e. The second-order valence-electron chi connectivity index (χ2n) is 10.3. The molecular formula is C24H30FN3O4. The normalized spacial score (nSPS) is 35.3. The number of hydrogen-bond acceptors (Lipinski definition) is 4. The quantitative estimate of drug-likeness (QED) is 0.729. The molecule has 0 radical (unpaired) electrons. The second kappa shape index (κ2) is 7.46. The van der Waals surface area contributed by atoms with Crippen molar-refractivity contribution in [3.05, 3.63) is 35.6 Å². The van der Waals surface area contributed by atoms with Crippen LogP contribution in [0.4, 0.5) is 9.18 Å². The first-order chi connectivity index (χ1) is 15.3. The van der Waals surface area contributed by atoms with Crippen LogP contribution in [0.15, 0.2) is 24.3 Å². The average molecular weight is 444 g/mol. The second-order valence-corrected chi connectivity index (χ2v) is 10.3. The minimum atomic E-state index is -0.498. The fraction of sp³-hybridized carbons (Fsp3) is 0.625. The van der Waals surface area contributed by atoms with Crippen molar-refractivity contribution in [2.24, 2.45) is 28.9 Å². The van der Waals surface area contributed by atoms with Gasteiger partial charge in [-0.05, 0) is 67.6 Å². The van der Waals surface area contributed by atoms with E-state index in [4.69, 9.17) is 5.73 Å². The molecule has 4 saturated carbocycles. The van der Waals surface area contributed by atoms with Crippen molar-refractivity contribution in [1.29, 1.82) is 0 Å². The van der Waals surface area contributed by atoms with Gasteiger partial charge in [-0.2, -0.15) is 0 Å². The van der Waals surface area contributed by atoms with Crippen molar-refractivity contribution in [3.8, 4) is 0 Å². The fourth-order valence-corrected chi connectivity index (χ4v) is 7.38. The first-order valence-electron chi connectivity index (χ1n) is 11.4. The lowest BCUT2D eigenvalue weighted by Crippen LogP contribution is -2.65. The first-order valence-corrected chi connectivity index (χ1v) is 11.4. The number of primary amides is 1. The van der Waals surface area contributed by atoms with Crippen LogP contribution in [-0.2, 0) is 19.7 Å². The third kappa shape index (κ3) is 3.18. The molecule has 4 aliphatic carbocycles. The van der Waals surface area contributed by atoms with Crippen molar-refractivity contribution >= 4 is 17.9 Å². The largest absolute Gasteiger partial charge is 0.453 e. The lowest BCUT2D eigenvalue weighted by Gasteiger charge is -2.65. The van der Waals surface area contributed by atoms with Gasteiger partial charge in [-0.3, -0.25) is 9.59 Å². The maximum absolute atomic E-state index is 13.8. The van der Waals surface area contributed by atoms with Gasteiger partial charge in [0.25, 0.3) is 0 Å². The Bertz CT molecular complexity index is 927. The summed E-state index contributed by atoms with van der Waals surface area (Å²) in [4.78, 5) is 39.0. The number of carbonyl (C=O) groups is 3. The summed E-state index contributed by atoms with van der Waals surface area (Å²) >= 11 is 0. The van der Waals surface area contributed by atoms with Gasteiger partial charge in [-0.25, -0.2) is 9.18 Å². The van der Waals surface area contributed by atoms with Gasteiger partial charge >= 0.3 is 6.09 Å². The molecule has 1 aliphatic heterocycles. The van der Waals surface area contributed by atoms with Crippen LogP contribution in [0.5, 0.6) is 0 Å². The van der Waals surface area contributed by atoms with Gasteiger partial charge in [-0.1, -0.05) is 12.1 Å². The molecule has 2 atom stereocenters. The molecule has 3 amide bonds. The number of methoxy groups -OCH3 is 1. The van der Waals surface area contributed by atoms with Crippen molar-refractivity contribution < 1.29 is 23.5 Å². The average Bonchev–Trinajstić information content (AvgIpc) is 2.72. The van der Waals surface area contributed by atoms with Crippen LogP contribution in [-0.4, -0.2) is 49.0 Å². The van der Waals surface area contributed by atoms with E-state index in [1.54, 1.807) is 4.90 Å². The molecule has 6 rings (SSSR count). The highest BCUT2D eigenvalue weighted by atomic mass is 19.1. The van der Waals surface area contributed by atoms with Gasteiger partial charge in [0.2, 0.25) is 11.8 Å². The van der Waals surface area contributed by atoms with Crippen molar-refractivity contribution in [1.82, 2.24) is 10.2 Å². The van der Waals surface area contributed by atoms with Crippen LogP contribution in [0, 0.1) is 29.0 Å². The van der Waals surface area contributed by atoms with E-state index in [0.29, 0.717) is 38.3 Å². The number of nitrogens with zero attached hydrogens (tertiary/aromatic N) is 1. The summed E-state index contributed by atoms with van der Waals surface area (Å²) < 4.78 is 18.4. The Labute approximate surface area is 186 Å². The van der Waals surface area contributed by atoms with E-state index in [2.05, 4.69) is 10.1 Å². The summed E-state index contributed by atoms with van der Waals surface area (Å²) in [6, 6.07) is 6.47. The van der Waals surface area contributed by atoms with Crippen LogP contribution < -0.4 is 11.1 Å². The zero-order valence-electron chi connectivity index (χ0n) is 18.3. The Morgan fingerprint density at radius 3 is 2.31 bits per heavy atom. The molecule has 0 spiro atoms. The lowest BCUT2D eigenvalue weighted by molar-refractivity contribution is -0.160. The number of amides is 3. The molecule has 32 heavy (non-hydrogen) atoms. The molecule has 7 nitrogen and oxygen atoms in total. The third-order valence-corrected chi connectivity index (χ3v) is 8.74. The van der Waals surface area contributed by atoms with Gasteiger partial charge in [0.05, 0.1) is 13.2 Å². The molecule has 172 valence electrons. The zero-order chi connectivity index (χ0) is 22.7. The number of likely N-dealkylation sites (tertiary alicyclic amines) is 1. The number of hydrogen-bond donors (Lipinski definition) is 2. The first kappa shape index (κ1) is 21.2. The van der Waals surface area contributed by atoms with Gasteiger partial charge in [0.1, 0.15) is 5.82 Å². The number of alkyl carbamates (subject to hydrolysis) is 1. The van der Waals surface area contributed by atoms with Gasteiger partial charge in [-0.15, -0.1) is 0 Å². The fourth-order valence-electron chi connectivity index (χ4n) is 7.38. The number of nitrogens with two attached hydrogens (primary N) is 1. The number of halogens is 1. The summed E-state index contributed by atoms with van der Waals surface area (Å²) in [5, 5.41) is 2.72. The Kier molecular flexibility index (Phi) is 4.94. The van der Waals surface area contributed by atoms with Crippen LogP contribution in [0.3, 0.4) is 0 Å². The highest BCUT2D eigenvalue weighted by Gasteiger charge is 2.64. The van der Waals surface area contributed by atoms with E-state index in [9.17, 15) is 18.8 Å². The molecule has 5 fully saturated rings. The van der Waals surface area contributed by atoms with Crippen LogP contribution in [0.25, 0.3) is 0 Å². The Balaban J connectivity index is 1.42. The number of carbonyl (C=O) groups excluding carboxylic acids is 3. The van der Waals surface area contributed by atoms with Gasteiger partial charge < -0.3 is 20.7 Å². The summed E-state index contributed by atoms with van der Waals surface area (Å²) in [6.45, 7) is 0.910. The Hall–Kier alpha value is -2.64. The molecule has 1 aromatic rings. The zero-order valence-corrected chi connectivity index (χ0v) is 18.3. The van der Waals surface area contributed by atoms with E-state index in [0.717, 1.165) is 24.8 Å². The van der Waals surface area contributed by atoms with Crippen LogP contribution >= 0.6 is 0 Å². The molecule has 1 aromatic carbocycles. The molecule has 4 bridgehead atoms. The summed E-state index contributed by atoms with van der Waals surface area (Å²) in [5.41, 5.74) is 5.99. The summed E-state index contributed by atoms with van der Waals surface area (Å²) in [5.74, 6) is 0.323. The number of rotatable bonds is 5. The minimum absolute atomic E-state index is 0.0397. The van der Waals surface area contributed by atoms with E-state index in [1.165, 1.54) is 19.2 Å². The van der Waals surface area contributed by atoms with E-state index < -0.39 is 16.9 Å². The molecule has 0 aromatic heterocycles. The summed E-state index contributed by atoms with van der Waals surface area (Å²) in [6.07, 6.45) is 4.04. The van der Waals surface area contributed by atoms with Crippen molar-refractivity contribution in [2.45, 2.75) is 50.0 Å². The third-order valence-electron chi connectivity index (χ3n) is 8.74. The molecule has 8 heteroatoms. The highest BCUT2D eigenvalue weighted by molar-refractivity contribution is 5.83. The van der Waals surface area contributed by atoms with Crippen LogP contribution in [0.1, 0.15) is 44.1 Å². The molecule has 3 N–H and O–H groups in total. The number of ether oxygens (including phenoxy) is 1. The van der Waals surface area contributed by atoms with E-state index >= 15 is 0 Å². The monoisotopic (exact) mass is 443 g/mol. The minimum Gasteiger partial charge on any atom is -0.453 e. The highest BCUT2D eigenvalue weighted by Crippen LogP contribution is 2.68. The van der Waals surface area contributed by atoms with Crippen LogP contribution in [0.2, 0.25) is 0 Å². The molecular weight excluding hydrogens is 413 g/mol. The van der Waals surface area contributed by atoms with E-state index in [-0.39, 0.29) is 35.5 Å². The predicted molar refractivity (Wildman–Crippen MR) is 114 cm³/mol. The molecule has 5 aliphatic rings. The number of nitrogens with one attached hydrogen (secondary N) is 1. The van der Waals surface area contributed by atoms with E-state index in [1.807, 2.05) is 12.1 Å².